The van der Waals surface area contributed by atoms with Gasteiger partial charge in [-0.25, -0.2) is 4.79 Å². The van der Waals surface area contributed by atoms with Crippen LogP contribution in [0, 0.1) is 18.3 Å². The topological polar surface area (TPSA) is 82.7 Å². The first kappa shape index (κ1) is 15.6. The van der Waals surface area contributed by atoms with E-state index in [9.17, 15) is 4.79 Å². The predicted octanol–water partition coefficient (Wildman–Crippen LogP) is 2.16. The Morgan fingerprint density at radius 3 is 2.64 bits per heavy atom. The van der Waals surface area contributed by atoms with E-state index in [1.807, 2.05) is 33.0 Å². The van der Waals surface area contributed by atoms with Crippen molar-refractivity contribution >= 4 is 6.03 Å². The molecule has 1 heterocycles. The fourth-order valence-electron chi connectivity index (χ4n) is 2.15. The second-order valence-electron chi connectivity index (χ2n) is 5.17. The molecule has 6 heteroatoms. The van der Waals surface area contributed by atoms with Crippen molar-refractivity contribution in [2.75, 3.05) is 0 Å². The minimum Gasteiger partial charge on any atom is -0.334 e. The molecule has 0 aliphatic rings. The highest BCUT2D eigenvalue weighted by Gasteiger charge is 2.14. The smallest absolute Gasteiger partial charge is 0.315 e. The molecule has 0 saturated heterocycles. The summed E-state index contributed by atoms with van der Waals surface area (Å²) in [4.78, 5) is 11.9. The van der Waals surface area contributed by atoms with Gasteiger partial charge in [-0.1, -0.05) is 12.1 Å². The molecule has 0 aliphatic heterocycles. The fraction of sp³-hybridized carbons (Fsp3) is 0.312. The maximum absolute atomic E-state index is 11.9. The summed E-state index contributed by atoms with van der Waals surface area (Å²) in [6.07, 6.45) is 1.76. The summed E-state index contributed by atoms with van der Waals surface area (Å²) in [6, 6.07) is 8.83. The summed E-state index contributed by atoms with van der Waals surface area (Å²) in [5.74, 6) is 0. The zero-order valence-corrected chi connectivity index (χ0v) is 12.9. The van der Waals surface area contributed by atoms with E-state index in [1.54, 1.807) is 23.0 Å². The van der Waals surface area contributed by atoms with Crippen LogP contribution >= 0.6 is 0 Å². The molecule has 1 aromatic carbocycles. The van der Waals surface area contributed by atoms with Gasteiger partial charge in [0.15, 0.2) is 0 Å². The first-order valence-corrected chi connectivity index (χ1v) is 7.03. The number of hydrogen-bond acceptors (Lipinski definition) is 3. The number of urea groups is 1. The van der Waals surface area contributed by atoms with Gasteiger partial charge in [0.1, 0.15) is 0 Å². The molecule has 114 valence electrons. The van der Waals surface area contributed by atoms with Crippen molar-refractivity contribution in [3.63, 3.8) is 0 Å². The van der Waals surface area contributed by atoms with E-state index in [0.29, 0.717) is 12.1 Å². The summed E-state index contributed by atoms with van der Waals surface area (Å²) >= 11 is 0. The molecule has 2 rings (SSSR count). The third-order valence-electron chi connectivity index (χ3n) is 3.62. The first-order chi connectivity index (χ1) is 10.5. The summed E-state index contributed by atoms with van der Waals surface area (Å²) in [7, 11) is 1.87. The average Bonchev–Trinajstić information content (AvgIpc) is 2.85. The van der Waals surface area contributed by atoms with E-state index in [2.05, 4.69) is 21.8 Å². The highest BCUT2D eigenvalue weighted by atomic mass is 16.2. The standard InChI is InChI=1S/C16H19N5O/c1-11(15-10-19-21(3)12(15)2)20-16(22)18-9-14-6-4-13(8-17)5-7-14/h4-7,10-11H,9H2,1-3H3,(H2,18,20,22)/t11-/m1/s1. The Morgan fingerprint density at radius 1 is 1.41 bits per heavy atom. The number of carbonyl (C=O) groups is 1. The van der Waals surface area contributed by atoms with Crippen LogP contribution in [0.5, 0.6) is 0 Å². The third kappa shape index (κ3) is 3.64. The minimum absolute atomic E-state index is 0.116. The lowest BCUT2D eigenvalue weighted by molar-refractivity contribution is 0.237. The second kappa shape index (κ2) is 6.76. The van der Waals surface area contributed by atoms with Crippen LogP contribution in [0.4, 0.5) is 4.79 Å². The van der Waals surface area contributed by atoms with Gasteiger partial charge in [-0.2, -0.15) is 10.4 Å². The van der Waals surface area contributed by atoms with Gasteiger partial charge in [-0.3, -0.25) is 4.68 Å². The normalized spacial score (nSPS) is 11.5. The van der Waals surface area contributed by atoms with E-state index in [4.69, 9.17) is 5.26 Å². The SMILES string of the molecule is Cc1c([C@@H](C)NC(=O)NCc2ccc(C#N)cc2)cnn1C. The number of benzene rings is 1. The van der Waals surface area contributed by atoms with E-state index in [0.717, 1.165) is 16.8 Å². The van der Waals surface area contributed by atoms with Crippen LogP contribution in [0.25, 0.3) is 0 Å². The van der Waals surface area contributed by atoms with Crippen LogP contribution < -0.4 is 10.6 Å². The molecular weight excluding hydrogens is 278 g/mol. The van der Waals surface area contributed by atoms with Gasteiger partial charge in [-0.05, 0) is 31.5 Å². The predicted molar refractivity (Wildman–Crippen MR) is 82.9 cm³/mol. The number of rotatable bonds is 4. The number of carbonyl (C=O) groups excluding carboxylic acids is 1. The molecule has 6 nitrogen and oxygen atoms in total. The fourth-order valence-corrected chi connectivity index (χ4v) is 2.15. The zero-order chi connectivity index (χ0) is 16.1. The van der Waals surface area contributed by atoms with E-state index >= 15 is 0 Å². The molecule has 0 fully saturated rings. The Hall–Kier alpha value is -2.81. The number of aromatic nitrogens is 2. The number of aryl methyl sites for hydroxylation is 1. The second-order valence-corrected chi connectivity index (χ2v) is 5.17. The van der Waals surface area contributed by atoms with Crippen LogP contribution in [0.15, 0.2) is 30.5 Å². The Balaban J connectivity index is 1.87. The number of nitrogens with zero attached hydrogens (tertiary/aromatic N) is 3. The highest BCUT2D eigenvalue weighted by Crippen LogP contribution is 2.15. The molecule has 0 saturated carbocycles. The van der Waals surface area contributed by atoms with Crippen LogP contribution in [-0.2, 0) is 13.6 Å². The van der Waals surface area contributed by atoms with Crippen LogP contribution in [-0.4, -0.2) is 15.8 Å². The summed E-state index contributed by atoms with van der Waals surface area (Å²) in [6.45, 7) is 4.30. The molecule has 0 spiro atoms. The number of amides is 2. The van der Waals surface area contributed by atoms with E-state index in [-0.39, 0.29) is 12.1 Å². The number of nitriles is 1. The molecule has 0 bridgehead atoms. The van der Waals surface area contributed by atoms with Crippen molar-refractivity contribution < 1.29 is 4.79 Å². The van der Waals surface area contributed by atoms with E-state index in [1.165, 1.54) is 0 Å². The maximum Gasteiger partial charge on any atom is 0.315 e. The Kier molecular flexibility index (Phi) is 4.79. The van der Waals surface area contributed by atoms with Gasteiger partial charge < -0.3 is 10.6 Å². The molecule has 2 amide bonds. The van der Waals surface area contributed by atoms with Gasteiger partial charge in [-0.15, -0.1) is 0 Å². The van der Waals surface area contributed by atoms with Crippen molar-refractivity contribution in [1.82, 2.24) is 20.4 Å². The Bertz CT molecular complexity index is 696. The molecular formula is C16H19N5O. The van der Waals surface area contributed by atoms with Gasteiger partial charge in [0, 0.05) is 24.8 Å². The van der Waals surface area contributed by atoms with Crippen molar-refractivity contribution in [1.29, 1.82) is 5.26 Å². The summed E-state index contributed by atoms with van der Waals surface area (Å²) < 4.78 is 1.78. The van der Waals surface area contributed by atoms with E-state index < -0.39 is 0 Å². The third-order valence-corrected chi connectivity index (χ3v) is 3.62. The molecule has 0 aliphatic carbocycles. The van der Waals surface area contributed by atoms with Crippen molar-refractivity contribution in [3.8, 4) is 6.07 Å². The summed E-state index contributed by atoms with van der Waals surface area (Å²) in [5.41, 5.74) is 3.57. The molecule has 1 aromatic heterocycles. The van der Waals surface area contributed by atoms with Gasteiger partial charge >= 0.3 is 6.03 Å². The van der Waals surface area contributed by atoms with Crippen LogP contribution in [0.1, 0.15) is 35.3 Å². The lowest BCUT2D eigenvalue weighted by atomic mass is 10.1. The van der Waals surface area contributed by atoms with Gasteiger partial charge in [0.05, 0.1) is 23.9 Å². The first-order valence-electron chi connectivity index (χ1n) is 7.03. The van der Waals surface area contributed by atoms with Gasteiger partial charge in [0.25, 0.3) is 0 Å². The van der Waals surface area contributed by atoms with Crippen LogP contribution in [0.2, 0.25) is 0 Å². The molecule has 22 heavy (non-hydrogen) atoms. The minimum atomic E-state index is -0.236. The summed E-state index contributed by atoms with van der Waals surface area (Å²) in [5, 5.41) is 18.6. The molecule has 0 radical (unpaired) electrons. The monoisotopic (exact) mass is 297 g/mol. The van der Waals surface area contributed by atoms with Crippen molar-refractivity contribution in [3.05, 3.63) is 52.8 Å². The molecule has 0 unspecified atom stereocenters. The zero-order valence-electron chi connectivity index (χ0n) is 12.9. The number of hydrogen-bond donors (Lipinski definition) is 2. The lowest BCUT2D eigenvalue weighted by Gasteiger charge is -2.14. The maximum atomic E-state index is 11.9. The van der Waals surface area contributed by atoms with Crippen molar-refractivity contribution in [2.24, 2.45) is 7.05 Å². The lowest BCUT2D eigenvalue weighted by Crippen LogP contribution is -2.36. The Morgan fingerprint density at radius 2 is 2.09 bits per heavy atom. The quantitative estimate of drug-likeness (QED) is 0.907. The highest BCUT2D eigenvalue weighted by molar-refractivity contribution is 5.74. The van der Waals surface area contributed by atoms with Crippen molar-refractivity contribution in [2.45, 2.75) is 26.4 Å². The molecule has 2 N–H and O–H groups in total. The molecule has 1 atom stereocenters. The molecule has 2 aromatic rings. The number of nitrogens with one attached hydrogen (secondary N) is 2. The van der Waals surface area contributed by atoms with Gasteiger partial charge in [0.2, 0.25) is 0 Å². The largest absolute Gasteiger partial charge is 0.334 e. The average molecular weight is 297 g/mol. The Labute approximate surface area is 129 Å². The van der Waals surface area contributed by atoms with Crippen LogP contribution in [0.3, 0.4) is 0 Å².